The largest absolute Gasteiger partial charge is 0.382 e. The summed E-state index contributed by atoms with van der Waals surface area (Å²) in [6, 6.07) is 8.93. The molecule has 1 aromatic carbocycles. The molecule has 0 unspecified atom stereocenters. The van der Waals surface area contributed by atoms with Crippen LogP contribution >= 0.6 is 11.6 Å². The molecule has 2 N–H and O–H groups in total. The molecular weight excluding hydrogens is 276 g/mol. The Balaban J connectivity index is 2.06. The van der Waals surface area contributed by atoms with E-state index in [9.17, 15) is 4.79 Å². The van der Waals surface area contributed by atoms with Gasteiger partial charge in [-0.05, 0) is 24.7 Å². The van der Waals surface area contributed by atoms with Crippen molar-refractivity contribution >= 4 is 17.3 Å². The monoisotopic (exact) mass is 292 g/mol. The van der Waals surface area contributed by atoms with Crippen molar-refractivity contribution in [2.45, 2.75) is 6.54 Å². The Morgan fingerprint density at radius 2 is 2.00 bits per heavy atom. The van der Waals surface area contributed by atoms with Crippen LogP contribution in [0.3, 0.4) is 0 Å². The van der Waals surface area contributed by atoms with E-state index >= 15 is 0 Å². The van der Waals surface area contributed by atoms with Crippen LogP contribution < -0.4 is 16.2 Å². The van der Waals surface area contributed by atoms with E-state index in [1.54, 1.807) is 24.4 Å². The number of nitrogens with zero attached hydrogens (tertiary/aromatic N) is 2. The Labute approximate surface area is 122 Å². The summed E-state index contributed by atoms with van der Waals surface area (Å²) in [5, 5.41) is 11.0. The maximum Gasteiger partial charge on any atom is 0.269 e. The molecule has 0 radical (unpaired) electrons. The molecule has 106 valence electrons. The summed E-state index contributed by atoms with van der Waals surface area (Å²) >= 11 is 5.83. The lowest BCUT2D eigenvalue weighted by Crippen LogP contribution is -2.24. The minimum atomic E-state index is -0.130. The molecule has 5 nitrogen and oxygen atoms in total. The lowest BCUT2D eigenvalue weighted by molar-refractivity contribution is 0.639. The fraction of sp³-hybridized carbons (Fsp3) is 0.286. The van der Waals surface area contributed by atoms with E-state index in [1.165, 1.54) is 4.68 Å². The van der Waals surface area contributed by atoms with Gasteiger partial charge in [0, 0.05) is 24.2 Å². The molecule has 0 atom stereocenters. The quantitative estimate of drug-likeness (QED) is 0.794. The third-order valence-corrected chi connectivity index (χ3v) is 3.07. The minimum Gasteiger partial charge on any atom is -0.382 e. The fourth-order valence-electron chi connectivity index (χ4n) is 1.74. The predicted octanol–water partition coefficient (Wildman–Crippen LogP) is 1.58. The number of aromatic nitrogens is 2. The maximum absolute atomic E-state index is 12.0. The van der Waals surface area contributed by atoms with Crippen molar-refractivity contribution in [3.05, 3.63) is 57.5 Å². The minimum absolute atomic E-state index is 0.130. The van der Waals surface area contributed by atoms with Gasteiger partial charge in [-0.2, -0.15) is 5.10 Å². The van der Waals surface area contributed by atoms with Gasteiger partial charge in [0.05, 0.1) is 18.4 Å². The molecule has 0 amide bonds. The van der Waals surface area contributed by atoms with Gasteiger partial charge in [0.15, 0.2) is 0 Å². The summed E-state index contributed by atoms with van der Waals surface area (Å²) in [5.74, 6) is 0. The van der Waals surface area contributed by atoms with Crippen LogP contribution in [0, 0.1) is 0 Å². The van der Waals surface area contributed by atoms with E-state index in [0.717, 1.165) is 24.3 Å². The molecule has 1 heterocycles. The van der Waals surface area contributed by atoms with E-state index in [-0.39, 0.29) is 5.56 Å². The second-order valence-electron chi connectivity index (χ2n) is 4.40. The van der Waals surface area contributed by atoms with Crippen LogP contribution in [0.1, 0.15) is 5.56 Å². The van der Waals surface area contributed by atoms with Crippen LogP contribution in [-0.4, -0.2) is 29.9 Å². The van der Waals surface area contributed by atoms with E-state index in [4.69, 9.17) is 11.6 Å². The Bertz CT molecular complexity index is 609. The van der Waals surface area contributed by atoms with Gasteiger partial charge in [0.1, 0.15) is 0 Å². The third kappa shape index (κ3) is 4.08. The second-order valence-corrected chi connectivity index (χ2v) is 4.83. The molecule has 0 aliphatic rings. The van der Waals surface area contributed by atoms with Crippen LogP contribution in [0.25, 0.3) is 0 Å². The number of benzene rings is 1. The average molecular weight is 293 g/mol. The Morgan fingerprint density at radius 1 is 1.25 bits per heavy atom. The zero-order valence-corrected chi connectivity index (χ0v) is 12.0. The van der Waals surface area contributed by atoms with Crippen molar-refractivity contribution in [1.82, 2.24) is 15.1 Å². The molecule has 0 aliphatic heterocycles. The van der Waals surface area contributed by atoms with Crippen molar-refractivity contribution in [3.63, 3.8) is 0 Å². The number of anilines is 1. The van der Waals surface area contributed by atoms with Crippen molar-refractivity contribution in [1.29, 1.82) is 0 Å². The highest BCUT2D eigenvalue weighted by Gasteiger charge is 2.01. The van der Waals surface area contributed by atoms with E-state index in [2.05, 4.69) is 15.7 Å². The molecule has 0 saturated carbocycles. The number of halogens is 1. The van der Waals surface area contributed by atoms with Crippen molar-refractivity contribution < 1.29 is 0 Å². The van der Waals surface area contributed by atoms with Crippen LogP contribution in [0.5, 0.6) is 0 Å². The third-order valence-electron chi connectivity index (χ3n) is 2.82. The van der Waals surface area contributed by atoms with Crippen LogP contribution in [0.15, 0.2) is 41.3 Å². The number of rotatable bonds is 6. The molecule has 0 saturated heterocycles. The molecule has 0 spiro atoms. The van der Waals surface area contributed by atoms with Crippen molar-refractivity contribution in [3.8, 4) is 0 Å². The standard InChI is InChI=1S/C14H17ClN4O/c1-16-6-7-17-13-8-14(20)19(18-9-13)10-11-2-4-12(15)5-3-11/h2-5,8-9,16-17H,6-7,10H2,1H3. The van der Waals surface area contributed by atoms with Gasteiger partial charge in [-0.15, -0.1) is 0 Å². The lowest BCUT2D eigenvalue weighted by atomic mass is 10.2. The van der Waals surface area contributed by atoms with Crippen molar-refractivity contribution in [2.24, 2.45) is 0 Å². The molecule has 6 heteroatoms. The number of hydrogen-bond acceptors (Lipinski definition) is 4. The molecule has 0 fully saturated rings. The first kappa shape index (κ1) is 14.6. The van der Waals surface area contributed by atoms with E-state index in [0.29, 0.717) is 11.6 Å². The fourth-order valence-corrected chi connectivity index (χ4v) is 1.87. The topological polar surface area (TPSA) is 59.0 Å². The molecule has 20 heavy (non-hydrogen) atoms. The number of hydrogen-bond donors (Lipinski definition) is 2. The highest BCUT2D eigenvalue weighted by atomic mass is 35.5. The second kappa shape index (κ2) is 7.07. The van der Waals surface area contributed by atoms with Crippen molar-refractivity contribution in [2.75, 3.05) is 25.5 Å². The summed E-state index contributed by atoms with van der Waals surface area (Å²) in [5.41, 5.74) is 1.59. The van der Waals surface area contributed by atoms with Crippen LogP contribution in [0.2, 0.25) is 5.02 Å². The Kier molecular flexibility index (Phi) is 5.15. The summed E-state index contributed by atoms with van der Waals surface area (Å²) in [6.45, 7) is 2.01. The molecule has 2 aromatic rings. The van der Waals surface area contributed by atoms with Gasteiger partial charge in [0.25, 0.3) is 5.56 Å². The Morgan fingerprint density at radius 3 is 2.65 bits per heavy atom. The summed E-state index contributed by atoms with van der Waals surface area (Å²) in [4.78, 5) is 12.0. The Hall–Kier alpha value is -1.85. The highest BCUT2D eigenvalue weighted by molar-refractivity contribution is 6.30. The summed E-state index contributed by atoms with van der Waals surface area (Å²) in [7, 11) is 1.88. The number of likely N-dealkylation sites (N-methyl/N-ethyl adjacent to an activating group) is 1. The normalized spacial score (nSPS) is 10.5. The van der Waals surface area contributed by atoms with Crippen LogP contribution in [-0.2, 0) is 6.54 Å². The van der Waals surface area contributed by atoms with Gasteiger partial charge in [-0.1, -0.05) is 23.7 Å². The van der Waals surface area contributed by atoms with E-state index in [1.807, 2.05) is 19.2 Å². The summed E-state index contributed by atoms with van der Waals surface area (Å²) in [6.07, 6.45) is 1.66. The van der Waals surface area contributed by atoms with Crippen LogP contribution in [0.4, 0.5) is 5.69 Å². The lowest BCUT2D eigenvalue weighted by Gasteiger charge is -2.08. The van der Waals surface area contributed by atoms with Gasteiger partial charge in [0.2, 0.25) is 0 Å². The average Bonchev–Trinajstić information content (AvgIpc) is 2.44. The van der Waals surface area contributed by atoms with Gasteiger partial charge >= 0.3 is 0 Å². The summed E-state index contributed by atoms with van der Waals surface area (Å²) < 4.78 is 1.42. The van der Waals surface area contributed by atoms with E-state index < -0.39 is 0 Å². The molecule has 1 aromatic heterocycles. The highest BCUT2D eigenvalue weighted by Crippen LogP contribution is 2.10. The first-order chi connectivity index (χ1) is 9.69. The van der Waals surface area contributed by atoms with Gasteiger partial charge < -0.3 is 10.6 Å². The smallest absolute Gasteiger partial charge is 0.269 e. The molecule has 0 aliphatic carbocycles. The molecular formula is C14H17ClN4O. The first-order valence-electron chi connectivity index (χ1n) is 6.39. The maximum atomic E-state index is 12.0. The first-order valence-corrected chi connectivity index (χ1v) is 6.77. The number of nitrogens with one attached hydrogen (secondary N) is 2. The zero-order valence-electron chi connectivity index (χ0n) is 11.3. The predicted molar refractivity (Wildman–Crippen MR) is 81.5 cm³/mol. The zero-order chi connectivity index (χ0) is 14.4. The van der Waals surface area contributed by atoms with Gasteiger partial charge in [-0.3, -0.25) is 4.79 Å². The molecule has 2 rings (SSSR count). The molecule has 0 bridgehead atoms. The van der Waals surface area contributed by atoms with Gasteiger partial charge in [-0.25, -0.2) is 4.68 Å². The SMILES string of the molecule is CNCCNc1cnn(Cc2ccc(Cl)cc2)c(=O)c1.